The van der Waals surface area contributed by atoms with Crippen LogP contribution in [0.15, 0.2) is 17.8 Å². The first-order valence-corrected chi connectivity index (χ1v) is 6.09. The molecule has 1 saturated heterocycles. The zero-order valence-electron chi connectivity index (χ0n) is 10.7. The van der Waals surface area contributed by atoms with E-state index in [0.717, 1.165) is 0 Å². The van der Waals surface area contributed by atoms with Gasteiger partial charge in [0.2, 0.25) is 0 Å². The molecular weight excluding hydrogens is 280 g/mol. The molecule has 11 heteroatoms. The van der Waals surface area contributed by atoms with E-state index in [1.165, 1.54) is 17.2 Å². The highest BCUT2D eigenvalue weighted by Crippen LogP contribution is 2.31. The van der Waals surface area contributed by atoms with Gasteiger partial charge in [0.15, 0.2) is 17.7 Å². The summed E-state index contributed by atoms with van der Waals surface area (Å²) < 4.78 is 6.99. The van der Waals surface area contributed by atoms with Crippen LogP contribution in [-0.2, 0) is 4.74 Å². The Hall–Kier alpha value is -2.46. The number of imidazole rings is 1. The van der Waals surface area contributed by atoms with Crippen molar-refractivity contribution >= 4 is 17.0 Å². The molecule has 11 nitrogen and oxygen atoms in total. The molecule has 1 aliphatic heterocycles. The van der Waals surface area contributed by atoms with E-state index < -0.39 is 24.5 Å². The highest BCUT2D eigenvalue weighted by Gasteiger charge is 2.43. The molecule has 3 rings (SSSR count). The predicted octanol–water partition coefficient (Wildman–Crippen LogP) is -0.662. The fraction of sp³-hybridized carbons (Fsp3) is 0.500. The van der Waals surface area contributed by atoms with Gasteiger partial charge >= 0.3 is 0 Å². The van der Waals surface area contributed by atoms with Gasteiger partial charge in [-0.3, -0.25) is 4.57 Å². The first-order valence-electron chi connectivity index (χ1n) is 6.09. The summed E-state index contributed by atoms with van der Waals surface area (Å²) in [6.07, 6.45) is -1.44. The first kappa shape index (κ1) is 13.5. The Morgan fingerprint density at radius 3 is 2.95 bits per heavy atom. The number of hydrogen-bond acceptors (Lipinski definition) is 8. The smallest absolute Gasteiger partial charge is 0.167 e. The van der Waals surface area contributed by atoms with Gasteiger partial charge in [0.05, 0.1) is 19.0 Å². The third-order valence-corrected chi connectivity index (χ3v) is 3.32. The van der Waals surface area contributed by atoms with Gasteiger partial charge in [-0.25, -0.2) is 15.0 Å². The van der Waals surface area contributed by atoms with E-state index >= 15 is 0 Å². The first-order chi connectivity index (χ1) is 10.1. The number of aliphatic hydroxyl groups excluding tert-OH is 2. The van der Waals surface area contributed by atoms with Crippen LogP contribution in [0.1, 0.15) is 6.23 Å². The second-order valence-corrected chi connectivity index (χ2v) is 4.54. The standard InChI is InChI=1S/C10H12N8O3/c11-8-5-9(14-2-13-8)18(3-15-5)10-7(20)6(19)4(21-10)1-16-17-12/h2-4,6-7,10,19-20H,1H2,(H2,11,13,14)/t4-,6-,7-,10?/m1/s1. The molecule has 3 heterocycles. The molecule has 2 aromatic rings. The monoisotopic (exact) mass is 292 g/mol. The average molecular weight is 292 g/mol. The molecule has 0 spiro atoms. The molecular formula is C10H12N8O3. The SMILES string of the molecule is [N-]=[N+]=NC[C@H]1OC(n2cnc3c(N)ncnc32)[C@H](O)[C@@H]1O. The number of aliphatic hydroxyl groups is 2. The fourth-order valence-corrected chi connectivity index (χ4v) is 2.28. The maximum absolute atomic E-state index is 10.1. The minimum Gasteiger partial charge on any atom is -0.388 e. The lowest BCUT2D eigenvalue weighted by Crippen LogP contribution is -2.32. The normalized spacial score (nSPS) is 28.7. The summed E-state index contributed by atoms with van der Waals surface area (Å²) in [5.41, 5.74) is 14.8. The van der Waals surface area contributed by atoms with Crippen LogP contribution in [0.2, 0.25) is 0 Å². The molecule has 0 aromatic carbocycles. The van der Waals surface area contributed by atoms with Gasteiger partial charge in [0.1, 0.15) is 24.1 Å². The van der Waals surface area contributed by atoms with Crippen LogP contribution in [0.25, 0.3) is 21.6 Å². The molecule has 110 valence electrons. The quantitative estimate of drug-likeness (QED) is 0.383. The topological polar surface area (TPSA) is 168 Å². The highest BCUT2D eigenvalue weighted by molar-refractivity contribution is 5.81. The van der Waals surface area contributed by atoms with Crippen molar-refractivity contribution in [1.82, 2.24) is 19.5 Å². The lowest BCUT2D eigenvalue weighted by atomic mass is 10.1. The molecule has 1 unspecified atom stereocenters. The third-order valence-electron chi connectivity index (χ3n) is 3.32. The Bertz CT molecular complexity index is 711. The Morgan fingerprint density at radius 2 is 2.19 bits per heavy atom. The van der Waals surface area contributed by atoms with E-state index in [9.17, 15) is 10.2 Å². The van der Waals surface area contributed by atoms with E-state index in [2.05, 4.69) is 25.0 Å². The molecule has 2 aromatic heterocycles. The number of nitrogens with zero attached hydrogens (tertiary/aromatic N) is 7. The van der Waals surface area contributed by atoms with Crippen LogP contribution in [-0.4, -0.2) is 54.6 Å². The molecule has 0 amide bonds. The molecule has 1 fully saturated rings. The summed E-state index contributed by atoms with van der Waals surface area (Å²) in [7, 11) is 0. The van der Waals surface area contributed by atoms with Crippen molar-refractivity contribution in [2.24, 2.45) is 5.11 Å². The maximum atomic E-state index is 10.1. The van der Waals surface area contributed by atoms with E-state index in [0.29, 0.717) is 11.2 Å². The molecule has 0 bridgehead atoms. The van der Waals surface area contributed by atoms with Gasteiger partial charge in [-0.2, -0.15) is 0 Å². The average Bonchev–Trinajstić information content (AvgIpc) is 3.02. The Balaban J connectivity index is 1.95. The third kappa shape index (κ3) is 2.14. The summed E-state index contributed by atoms with van der Waals surface area (Å²) in [5.74, 6) is 0.206. The molecule has 1 aliphatic rings. The maximum Gasteiger partial charge on any atom is 0.167 e. The van der Waals surface area contributed by atoms with Gasteiger partial charge < -0.3 is 20.7 Å². The van der Waals surface area contributed by atoms with Crippen LogP contribution in [0.5, 0.6) is 0 Å². The minimum absolute atomic E-state index is 0.0883. The number of rotatable bonds is 3. The van der Waals surface area contributed by atoms with Crippen molar-refractivity contribution in [1.29, 1.82) is 0 Å². The Kier molecular flexibility index (Phi) is 3.31. The van der Waals surface area contributed by atoms with Crippen molar-refractivity contribution in [2.45, 2.75) is 24.5 Å². The van der Waals surface area contributed by atoms with Crippen molar-refractivity contribution in [3.8, 4) is 0 Å². The predicted molar refractivity (Wildman–Crippen MR) is 69.7 cm³/mol. The molecule has 4 atom stereocenters. The van der Waals surface area contributed by atoms with Crippen LogP contribution < -0.4 is 5.73 Å². The summed E-state index contributed by atoms with van der Waals surface area (Å²) in [5, 5.41) is 23.4. The van der Waals surface area contributed by atoms with E-state index in [-0.39, 0.29) is 12.4 Å². The summed E-state index contributed by atoms with van der Waals surface area (Å²) in [6, 6.07) is 0. The van der Waals surface area contributed by atoms with Crippen molar-refractivity contribution in [3.05, 3.63) is 23.1 Å². The van der Waals surface area contributed by atoms with Gasteiger partial charge in [-0.05, 0) is 5.53 Å². The van der Waals surface area contributed by atoms with Crippen molar-refractivity contribution in [2.75, 3.05) is 12.3 Å². The Morgan fingerprint density at radius 1 is 1.38 bits per heavy atom. The zero-order chi connectivity index (χ0) is 15.0. The van der Waals surface area contributed by atoms with E-state index in [1.54, 1.807) is 0 Å². The number of nitrogen functional groups attached to an aromatic ring is 1. The molecule has 21 heavy (non-hydrogen) atoms. The van der Waals surface area contributed by atoms with Gasteiger partial charge in [-0.15, -0.1) is 0 Å². The zero-order valence-corrected chi connectivity index (χ0v) is 10.7. The largest absolute Gasteiger partial charge is 0.388 e. The summed E-state index contributed by atoms with van der Waals surface area (Å²) >= 11 is 0. The number of aromatic nitrogens is 4. The van der Waals surface area contributed by atoms with Crippen LogP contribution in [0.3, 0.4) is 0 Å². The number of ether oxygens (including phenoxy) is 1. The van der Waals surface area contributed by atoms with Crippen LogP contribution in [0, 0.1) is 0 Å². The minimum atomic E-state index is -1.21. The number of nitrogens with two attached hydrogens (primary N) is 1. The highest BCUT2D eigenvalue weighted by atomic mass is 16.6. The fourth-order valence-electron chi connectivity index (χ4n) is 2.28. The molecule has 0 saturated carbocycles. The second-order valence-electron chi connectivity index (χ2n) is 4.54. The summed E-state index contributed by atoms with van der Waals surface area (Å²) in [6.45, 7) is -0.0883. The Labute approximate surface area is 117 Å². The second kappa shape index (κ2) is 5.14. The van der Waals surface area contributed by atoms with Gasteiger partial charge in [-0.1, -0.05) is 5.11 Å². The molecule has 4 N–H and O–H groups in total. The lowest BCUT2D eigenvalue weighted by molar-refractivity contribution is -0.0321. The number of azide groups is 1. The molecule has 0 radical (unpaired) electrons. The van der Waals surface area contributed by atoms with Gasteiger partial charge in [0.25, 0.3) is 0 Å². The van der Waals surface area contributed by atoms with Crippen molar-refractivity contribution in [3.63, 3.8) is 0 Å². The number of fused-ring (bicyclic) bond motifs is 1. The van der Waals surface area contributed by atoms with Crippen molar-refractivity contribution < 1.29 is 14.9 Å². The number of hydrogen-bond donors (Lipinski definition) is 3. The number of anilines is 1. The lowest BCUT2D eigenvalue weighted by Gasteiger charge is -2.16. The van der Waals surface area contributed by atoms with E-state index in [1.807, 2.05) is 0 Å². The van der Waals surface area contributed by atoms with Crippen LogP contribution in [0.4, 0.5) is 5.82 Å². The van der Waals surface area contributed by atoms with Crippen LogP contribution >= 0.6 is 0 Å². The van der Waals surface area contributed by atoms with E-state index in [4.69, 9.17) is 16.0 Å². The summed E-state index contributed by atoms with van der Waals surface area (Å²) in [4.78, 5) is 14.5. The van der Waals surface area contributed by atoms with Gasteiger partial charge in [0, 0.05) is 4.91 Å². The molecule has 0 aliphatic carbocycles.